The summed E-state index contributed by atoms with van der Waals surface area (Å²) in [4.78, 5) is 24.0. The second kappa shape index (κ2) is 10.2. The third kappa shape index (κ3) is 6.66. The highest BCUT2D eigenvalue weighted by Crippen LogP contribution is 2.24. The van der Waals surface area contributed by atoms with E-state index in [-0.39, 0.29) is 18.4 Å². The van der Waals surface area contributed by atoms with Gasteiger partial charge in [-0.3, -0.25) is 4.79 Å². The second-order valence-corrected chi connectivity index (χ2v) is 6.27. The molecule has 144 valence electrons. The van der Waals surface area contributed by atoms with Crippen LogP contribution in [0, 0.1) is 5.92 Å². The highest BCUT2D eigenvalue weighted by Gasteiger charge is 2.10. The van der Waals surface area contributed by atoms with Crippen molar-refractivity contribution in [1.29, 1.82) is 0 Å². The van der Waals surface area contributed by atoms with Crippen molar-refractivity contribution in [2.75, 3.05) is 25.1 Å². The lowest BCUT2D eigenvalue weighted by Gasteiger charge is -2.12. The van der Waals surface area contributed by atoms with Crippen LogP contribution < -0.4 is 14.8 Å². The molecule has 2 aromatic carbocycles. The first-order valence-electron chi connectivity index (χ1n) is 8.91. The van der Waals surface area contributed by atoms with Crippen LogP contribution in [0.4, 0.5) is 5.69 Å². The molecule has 0 bridgehead atoms. The number of amides is 1. The van der Waals surface area contributed by atoms with E-state index in [1.54, 1.807) is 36.4 Å². The van der Waals surface area contributed by atoms with Crippen molar-refractivity contribution in [3.05, 3.63) is 54.1 Å². The summed E-state index contributed by atoms with van der Waals surface area (Å²) >= 11 is 0. The predicted octanol–water partition coefficient (Wildman–Crippen LogP) is 3.92. The van der Waals surface area contributed by atoms with E-state index in [1.807, 2.05) is 32.9 Å². The highest BCUT2D eigenvalue weighted by molar-refractivity contribution is 6.05. The topological polar surface area (TPSA) is 73.9 Å². The van der Waals surface area contributed by atoms with E-state index in [2.05, 4.69) is 5.32 Å². The Balaban J connectivity index is 1.91. The zero-order valence-corrected chi connectivity index (χ0v) is 15.9. The quantitative estimate of drug-likeness (QED) is 0.677. The van der Waals surface area contributed by atoms with Gasteiger partial charge in [0.1, 0.15) is 11.5 Å². The number of hydrogen-bond donors (Lipinski definition) is 1. The molecule has 0 atom stereocenters. The van der Waals surface area contributed by atoms with Gasteiger partial charge >= 0.3 is 5.97 Å². The zero-order chi connectivity index (χ0) is 19.6. The average Bonchev–Trinajstić information content (AvgIpc) is 2.66. The van der Waals surface area contributed by atoms with Crippen LogP contribution in [0.5, 0.6) is 11.5 Å². The predicted molar refractivity (Wildman–Crippen MR) is 103 cm³/mol. The maximum absolute atomic E-state index is 12.4. The van der Waals surface area contributed by atoms with E-state index >= 15 is 0 Å². The van der Waals surface area contributed by atoms with E-state index < -0.39 is 5.97 Å². The Bertz CT molecular complexity index is 755. The van der Waals surface area contributed by atoms with Crippen LogP contribution in [0.15, 0.2) is 48.5 Å². The minimum absolute atomic E-state index is 0.167. The SMILES string of the molecule is CCOc1ccccc1NC(=O)c1ccc(OCC(=O)OCC(C)C)cc1. The molecule has 0 unspecified atom stereocenters. The number of carbonyl (C=O) groups is 2. The van der Waals surface area contributed by atoms with Crippen LogP contribution in [-0.2, 0) is 9.53 Å². The van der Waals surface area contributed by atoms with Gasteiger partial charge in [-0.2, -0.15) is 0 Å². The van der Waals surface area contributed by atoms with Gasteiger partial charge in [0.25, 0.3) is 5.91 Å². The molecule has 2 rings (SSSR count). The van der Waals surface area contributed by atoms with Crippen LogP contribution in [0.2, 0.25) is 0 Å². The molecule has 0 fully saturated rings. The lowest BCUT2D eigenvalue weighted by atomic mass is 10.2. The van der Waals surface area contributed by atoms with E-state index in [0.717, 1.165) is 0 Å². The van der Waals surface area contributed by atoms with Gasteiger partial charge in [0.2, 0.25) is 0 Å². The van der Waals surface area contributed by atoms with Crippen molar-refractivity contribution in [1.82, 2.24) is 0 Å². The fourth-order valence-electron chi connectivity index (χ4n) is 2.19. The van der Waals surface area contributed by atoms with Crippen LogP contribution >= 0.6 is 0 Å². The number of hydrogen-bond acceptors (Lipinski definition) is 5. The molecule has 0 radical (unpaired) electrons. The maximum Gasteiger partial charge on any atom is 0.344 e. The fourth-order valence-corrected chi connectivity index (χ4v) is 2.19. The molecular weight excluding hydrogens is 346 g/mol. The summed E-state index contributed by atoms with van der Waals surface area (Å²) in [5.41, 5.74) is 1.08. The number of rotatable bonds is 9. The molecule has 0 saturated carbocycles. The minimum atomic E-state index is -0.418. The van der Waals surface area contributed by atoms with Crippen LogP contribution in [0.1, 0.15) is 31.1 Å². The van der Waals surface area contributed by atoms with Crippen LogP contribution in [0.3, 0.4) is 0 Å². The Hall–Kier alpha value is -3.02. The van der Waals surface area contributed by atoms with Gasteiger partial charge in [0.05, 0.1) is 18.9 Å². The number of benzene rings is 2. The summed E-state index contributed by atoms with van der Waals surface area (Å²) in [6.07, 6.45) is 0. The molecule has 0 aromatic heterocycles. The summed E-state index contributed by atoms with van der Waals surface area (Å²) in [6.45, 7) is 6.52. The molecule has 0 aliphatic rings. The molecule has 0 spiro atoms. The zero-order valence-electron chi connectivity index (χ0n) is 15.9. The molecule has 1 N–H and O–H groups in total. The van der Waals surface area contributed by atoms with Gasteiger partial charge in [-0.1, -0.05) is 26.0 Å². The summed E-state index contributed by atoms with van der Waals surface area (Å²) in [5.74, 6) is 0.707. The normalized spacial score (nSPS) is 10.4. The lowest BCUT2D eigenvalue weighted by molar-refractivity contribution is -0.147. The lowest BCUT2D eigenvalue weighted by Crippen LogP contribution is -2.17. The van der Waals surface area contributed by atoms with E-state index in [0.29, 0.717) is 36.0 Å². The summed E-state index contributed by atoms with van der Waals surface area (Å²) in [5, 5.41) is 2.83. The summed E-state index contributed by atoms with van der Waals surface area (Å²) < 4.78 is 15.9. The van der Waals surface area contributed by atoms with Crippen LogP contribution in [-0.4, -0.2) is 31.7 Å². The molecule has 0 aliphatic carbocycles. The Morgan fingerprint density at radius 1 is 1.00 bits per heavy atom. The van der Waals surface area contributed by atoms with Gasteiger partial charge in [0.15, 0.2) is 6.61 Å². The number of esters is 1. The van der Waals surface area contributed by atoms with Gasteiger partial charge in [-0.05, 0) is 49.2 Å². The molecule has 0 heterocycles. The van der Waals surface area contributed by atoms with E-state index in [1.165, 1.54) is 0 Å². The smallest absolute Gasteiger partial charge is 0.344 e. The Morgan fingerprint density at radius 2 is 1.70 bits per heavy atom. The third-order valence-electron chi connectivity index (χ3n) is 3.49. The first kappa shape index (κ1) is 20.3. The van der Waals surface area contributed by atoms with Crippen molar-refractivity contribution >= 4 is 17.6 Å². The molecule has 1 amide bonds. The molecule has 6 heteroatoms. The van der Waals surface area contributed by atoms with Crippen molar-refractivity contribution in [3.63, 3.8) is 0 Å². The Kier molecular flexibility index (Phi) is 7.67. The van der Waals surface area contributed by atoms with Gasteiger partial charge in [-0.15, -0.1) is 0 Å². The molecular formula is C21H25NO5. The largest absolute Gasteiger partial charge is 0.492 e. The second-order valence-electron chi connectivity index (χ2n) is 6.27. The van der Waals surface area contributed by atoms with Gasteiger partial charge in [0, 0.05) is 5.56 Å². The van der Waals surface area contributed by atoms with E-state index in [4.69, 9.17) is 14.2 Å². The number of carbonyl (C=O) groups excluding carboxylic acids is 2. The van der Waals surface area contributed by atoms with E-state index in [9.17, 15) is 9.59 Å². The molecule has 6 nitrogen and oxygen atoms in total. The minimum Gasteiger partial charge on any atom is -0.492 e. The van der Waals surface area contributed by atoms with Gasteiger partial charge in [-0.25, -0.2) is 4.79 Å². The first-order valence-corrected chi connectivity index (χ1v) is 8.91. The van der Waals surface area contributed by atoms with Crippen LogP contribution in [0.25, 0.3) is 0 Å². The van der Waals surface area contributed by atoms with Crippen molar-refractivity contribution in [2.24, 2.45) is 5.92 Å². The highest BCUT2D eigenvalue weighted by atomic mass is 16.6. The summed E-state index contributed by atoms with van der Waals surface area (Å²) in [7, 11) is 0. The number of nitrogens with one attached hydrogen (secondary N) is 1. The van der Waals surface area contributed by atoms with Crippen molar-refractivity contribution in [3.8, 4) is 11.5 Å². The molecule has 0 aliphatic heterocycles. The first-order chi connectivity index (χ1) is 13.0. The fraction of sp³-hybridized carbons (Fsp3) is 0.333. The number of para-hydroxylation sites is 2. The van der Waals surface area contributed by atoms with Crippen molar-refractivity contribution in [2.45, 2.75) is 20.8 Å². The van der Waals surface area contributed by atoms with Gasteiger partial charge < -0.3 is 19.5 Å². The molecule has 0 saturated heterocycles. The molecule has 2 aromatic rings. The third-order valence-corrected chi connectivity index (χ3v) is 3.49. The summed E-state index contributed by atoms with van der Waals surface area (Å²) in [6, 6.07) is 13.8. The average molecular weight is 371 g/mol. The number of anilines is 1. The van der Waals surface area contributed by atoms with Crippen molar-refractivity contribution < 1.29 is 23.8 Å². The monoisotopic (exact) mass is 371 g/mol. The Morgan fingerprint density at radius 3 is 2.37 bits per heavy atom. The molecule has 27 heavy (non-hydrogen) atoms. The standard InChI is InChI=1S/C21H25NO5/c1-4-25-19-8-6-5-7-18(19)22-21(24)16-9-11-17(12-10-16)26-14-20(23)27-13-15(2)3/h5-12,15H,4,13-14H2,1-3H3,(H,22,24). The maximum atomic E-state index is 12.4. The Labute approximate surface area is 159 Å². The number of ether oxygens (including phenoxy) is 3.